The Morgan fingerprint density at radius 3 is 2.68 bits per heavy atom. The molecule has 2 aromatic rings. The Morgan fingerprint density at radius 2 is 1.90 bits per heavy atom. The fraction of sp³-hybridized carbons (Fsp3) is 0.455. The molecule has 1 aliphatic heterocycles. The first kappa shape index (κ1) is 23.6. The molecule has 0 atom stereocenters. The summed E-state index contributed by atoms with van der Waals surface area (Å²) in [6, 6.07) is 9.99. The fourth-order valence-electron chi connectivity index (χ4n) is 3.11. The molecule has 1 aromatic heterocycles. The van der Waals surface area contributed by atoms with Gasteiger partial charge in [-0.3, -0.25) is 9.79 Å². The molecule has 1 saturated carbocycles. The first-order chi connectivity index (χ1) is 14.8. The normalized spacial score (nSPS) is 15.4. The average Bonchev–Trinajstić information content (AvgIpc) is 3.52. The molecular weight excluding hydrogens is 527 g/mol. The van der Waals surface area contributed by atoms with Crippen LogP contribution in [0.25, 0.3) is 0 Å². The number of guanidine groups is 1. The standard InChI is InChI=1S/C22H28N4O3S.HI/c27-21(16-4-5-16)23-10-11-25-22(24-9-8-18-3-1-14-30-18)26-17-6-7-19-20(15-17)29-13-2-12-28-19;/h1,3,6-7,14-16H,2,4-5,8-13H2,(H,23,27)(H2,24,25,26);1H. The number of anilines is 1. The summed E-state index contributed by atoms with van der Waals surface area (Å²) in [5, 5.41) is 11.7. The molecule has 4 rings (SSSR count). The molecule has 0 bridgehead atoms. The van der Waals surface area contributed by atoms with Crippen LogP contribution in [0.15, 0.2) is 40.7 Å². The summed E-state index contributed by atoms with van der Waals surface area (Å²) >= 11 is 1.74. The Balaban J connectivity index is 0.00000272. The zero-order chi connectivity index (χ0) is 20.6. The molecule has 1 aromatic carbocycles. The van der Waals surface area contributed by atoms with E-state index in [0.29, 0.717) is 38.8 Å². The minimum Gasteiger partial charge on any atom is -0.490 e. The van der Waals surface area contributed by atoms with E-state index in [0.717, 1.165) is 42.9 Å². The van der Waals surface area contributed by atoms with Gasteiger partial charge in [0.05, 0.1) is 13.2 Å². The zero-order valence-electron chi connectivity index (χ0n) is 17.4. The van der Waals surface area contributed by atoms with Crippen molar-refractivity contribution >= 4 is 52.9 Å². The molecule has 7 nitrogen and oxygen atoms in total. The highest BCUT2D eigenvalue weighted by Crippen LogP contribution is 2.32. The van der Waals surface area contributed by atoms with E-state index in [4.69, 9.17) is 14.5 Å². The number of benzene rings is 1. The van der Waals surface area contributed by atoms with Gasteiger partial charge in [-0.15, -0.1) is 35.3 Å². The average molecular weight is 556 g/mol. The van der Waals surface area contributed by atoms with Crippen molar-refractivity contribution in [3.05, 3.63) is 40.6 Å². The lowest BCUT2D eigenvalue weighted by atomic mass is 10.2. The number of aliphatic imine (C=N–C) groups is 1. The maximum atomic E-state index is 11.8. The Labute approximate surface area is 204 Å². The quantitative estimate of drug-likeness (QED) is 0.200. The second kappa shape index (κ2) is 12.1. The third-order valence-electron chi connectivity index (χ3n) is 4.88. The molecule has 1 amide bonds. The molecule has 3 N–H and O–H groups in total. The minimum atomic E-state index is 0. The van der Waals surface area contributed by atoms with Crippen molar-refractivity contribution in [2.75, 3.05) is 38.2 Å². The summed E-state index contributed by atoms with van der Waals surface area (Å²) in [6.07, 6.45) is 3.80. The zero-order valence-corrected chi connectivity index (χ0v) is 20.5. The van der Waals surface area contributed by atoms with Crippen molar-refractivity contribution in [3.63, 3.8) is 0 Å². The number of thiophene rings is 1. The molecule has 2 heterocycles. The number of ether oxygens (including phenoxy) is 2. The second-order valence-electron chi connectivity index (χ2n) is 7.39. The van der Waals surface area contributed by atoms with Crippen LogP contribution in [0, 0.1) is 5.92 Å². The van der Waals surface area contributed by atoms with Gasteiger partial charge in [0.1, 0.15) is 0 Å². The Bertz CT molecular complexity index is 872. The van der Waals surface area contributed by atoms with Crippen molar-refractivity contribution in [2.24, 2.45) is 10.9 Å². The fourth-order valence-corrected chi connectivity index (χ4v) is 3.80. The molecule has 9 heteroatoms. The second-order valence-corrected chi connectivity index (χ2v) is 8.42. The van der Waals surface area contributed by atoms with Gasteiger partial charge in [0, 0.05) is 55.0 Å². The third kappa shape index (κ3) is 7.57. The lowest BCUT2D eigenvalue weighted by Crippen LogP contribution is -2.38. The number of halogens is 1. The van der Waals surface area contributed by atoms with E-state index in [2.05, 4.69) is 33.5 Å². The van der Waals surface area contributed by atoms with E-state index in [1.54, 1.807) is 11.3 Å². The van der Waals surface area contributed by atoms with Crippen LogP contribution in [0.4, 0.5) is 5.69 Å². The minimum absolute atomic E-state index is 0. The number of amides is 1. The monoisotopic (exact) mass is 556 g/mol. The van der Waals surface area contributed by atoms with Crippen molar-refractivity contribution in [3.8, 4) is 11.5 Å². The number of nitrogens with one attached hydrogen (secondary N) is 3. The lowest BCUT2D eigenvalue weighted by Gasteiger charge is -2.15. The van der Waals surface area contributed by atoms with Crippen LogP contribution < -0.4 is 25.4 Å². The van der Waals surface area contributed by atoms with Crippen molar-refractivity contribution in [1.29, 1.82) is 0 Å². The predicted octanol–water partition coefficient (Wildman–Crippen LogP) is 3.65. The maximum Gasteiger partial charge on any atom is 0.223 e. The number of fused-ring (bicyclic) bond motifs is 1. The van der Waals surface area contributed by atoms with Gasteiger partial charge < -0.3 is 25.4 Å². The molecule has 0 unspecified atom stereocenters. The summed E-state index contributed by atoms with van der Waals surface area (Å²) in [6.45, 7) is 3.17. The summed E-state index contributed by atoms with van der Waals surface area (Å²) in [4.78, 5) is 17.8. The first-order valence-corrected chi connectivity index (χ1v) is 11.4. The van der Waals surface area contributed by atoms with Gasteiger partial charge in [0.2, 0.25) is 5.91 Å². The smallest absolute Gasteiger partial charge is 0.223 e. The Morgan fingerprint density at radius 1 is 1.10 bits per heavy atom. The highest BCUT2D eigenvalue weighted by atomic mass is 127. The van der Waals surface area contributed by atoms with Gasteiger partial charge >= 0.3 is 0 Å². The highest BCUT2D eigenvalue weighted by molar-refractivity contribution is 14.0. The summed E-state index contributed by atoms with van der Waals surface area (Å²) in [5.41, 5.74) is 0.878. The molecule has 1 aliphatic carbocycles. The maximum absolute atomic E-state index is 11.8. The van der Waals surface area contributed by atoms with Crippen LogP contribution in [0.2, 0.25) is 0 Å². The Kier molecular flexibility index (Phi) is 9.26. The number of hydrogen-bond acceptors (Lipinski definition) is 5. The third-order valence-corrected chi connectivity index (χ3v) is 5.82. The number of carbonyl (C=O) groups excluding carboxylic acids is 1. The van der Waals surface area contributed by atoms with Crippen LogP contribution in [-0.2, 0) is 11.2 Å². The summed E-state index contributed by atoms with van der Waals surface area (Å²) in [5.74, 6) is 2.58. The number of nitrogens with zero attached hydrogens (tertiary/aromatic N) is 1. The molecule has 0 radical (unpaired) electrons. The van der Waals surface area contributed by atoms with Crippen LogP contribution in [-0.4, -0.2) is 44.7 Å². The van der Waals surface area contributed by atoms with Gasteiger partial charge in [-0.2, -0.15) is 0 Å². The van der Waals surface area contributed by atoms with Gasteiger partial charge in [-0.05, 0) is 36.4 Å². The molecule has 1 fully saturated rings. The molecule has 168 valence electrons. The van der Waals surface area contributed by atoms with E-state index in [-0.39, 0.29) is 35.8 Å². The molecule has 0 spiro atoms. The van der Waals surface area contributed by atoms with Crippen LogP contribution in [0.1, 0.15) is 24.1 Å². The topological polar surface area (TPSA) is 84.0 Å². The molecule has 31 heavy (non-hydrogen) atoms. The van der Waals surface area contributed by atoms with Crippen molar-refractivity contribution < 1.29 is 14.3 Å². The van der Waals surface area contributed by atoms with Gasteiger partial charge in [0.25, 0.3) is 0 Å². The van der Waals surface area contributed by atoms with E-state index >= 15 is 0 Å². The number of carbonyl (C=O) groups is 1. The van der Waals surface area contributed by atoms with E-state index in [1.165, 1.54) is 4.88 Å². The largest absolute Gasteiger partial charge is 0.490 e. The van der Waals surface area contributed by atoms with Gasteiger partial charge in [-0.1, -0.05) is 6.07 Å². The number of rotatable bonds is 8. The van der Waals surface area contributed by atoms with E-state index in [9.17, 15) is 4.79 Å². The van der Waals surface area contributed by atoms with E-state index in [1.807, 2.05) is 18.2 Å². The van der Waals surface area contributed by atoms with Crippen LogP contribution in [0.5, 0.6) is 11.5 Å². The summed E-state index contributed by atoms with van der Waals surface area (Å²) in [7, 11) is 0. The molecule has 0 saturated heterocycles. The summed E-state index contributed by atoms with van der Waals surface area (Å²) < 4.78 is 11.5. The highest BCUT2D eigenvalue weighted by Gasteiger charge is 2.28. The first-order valence-electron chi connectivity index (χ1n) is 10.5. The lowest BCUT2D eigenvalue weighted by molar-refractivity contribution is -0.122. The van der Waals surface area contributed by atoms with Crippen LogP contribution in [0.3, 0.4) is 0 Å². The predicted molar refractivity (Wildman–Crippen MR) is 135 cm³/mol. The van der Waals surface area contributed by atoms with Gasteiger partial charge in [0.15, 0.2) is 17.5 Å². The molecular formula is C22H29IN4O3S. The number of hydrogen-bond donors (Lipinski definition) is 3. The van der Waals surface area contributed by atoms with Crippen molar-refractivity contribution in [1.82, 2.24) is 10.6 Å². The van der Waals surface area contributed by atoms with Crippen LogP contribution >= 0.6 is 35.3 Å². The van der Waals surface area contributed by atoms with Gasteiger partial charge in [-0.25, -0.2) is 0 Å². The Hall–Kier alpha value is -2.01. The van der Waals surface area contributed by atoms with Crippen molar-refractivity contribution in [2.45, 2.75) is 25.7 Å². The van der Waals surface area contributed by atoms with E-state index < -0.39 is 0 Å². The molecule has 2 aliphatic rings. The SMILES string of the molecule is I.O=C(NCCNC(=NCCc1cccs1)Nc1ccc2c(c1)OCCCO2)C1CC1.